The first-order valence-corrected chi connectivity index (χ1v) is 13.5. The zero-order chi connectivity index (χ0) is 21.9. The molecule has 1 atom stereocenters. The zero-order valence-electron chi connectivity index (χ0n) is 19.6. The highest BCUT2D eigenvalue weighted by Gasteiger charge is 2.40. The second-order valence-corrected chi connectivity index (χ2v) is 13.6. The first kappa shape index (κ1) is 26.9. The average molecular weight is 413 g/mol. The summed E-state index contributed by atoms with van der Waals surface area (Å²) in [6, 6.07) is 2.96. The summed E-state index contributed by atoms with van der Waals surface area (Å²) in [6.45, 7) is 20.3. The summed E-state index contributed by atoms with van der Waals surface area (Å²) >= 11 is 0. The number of carbonyl (C=O) groups excluding carboxylic acids is 2. The normalized spacial score (nSPS) is 13.1. The van der Waals surface area contributed by atoms with E-state index in [-0.39, 0.29) is 5.97 Å². The van der Waals surface area contributed by atoms with Crippen LogP contribution in [0.1, 0.15) is 81.1 Å². The van der Waals surface area contributed by atoms with Gasteiger partial charge in [0, 0.05) is 5.57 Å². The molecule has 0 aliphatic heterocycles. The van der Waals surface area contributed by atoms with Crippen LogP contribution in [0.5, 0.6) is 0 Å². The van der Waals surface area contributed by atoms with Crippen LogP contribution in [-0.2, 0) is 18.8 Å². The molecular formula is C23H44O4Si. The second-order valence-electron chi connectivity index (χ2n) is 9.48. The molecule has 0 aromatic carbocycles. The third kappa shape index (κ3) is 11.0. The molecule has 0 aliphatic carbocycles. The smallest absolute Gasteiger partial charge is 0.334 e. The summed E-state index contributed by atoms with van der Waals surface area (Å²) in [5, 5.41) is 0. The molecule has 0 rings (SSSR count). The summed E-state index contributed by atoms with van der Waals surface area (Å²) < 4.78 is 11.7. The Morgan fingerprint density at radius 1 is 0.857 bits per heavy atom. The van der Waals surface area contributed by atoms with Gasteiger partial charge in [-0.2, -0.15) is 0 Å². The first-order valence-electron chi connectivity index (χ1n) is 11.0. The first-order chi connectivity index (χ1) is 12.9. The molecule has 28 heavy (non-hydrogen) atoms. The minimum absolute atomic E-state index is 0.300. The van der Waals surface area contributed by atoms with Crippen LogP contribution in [0.15, 0.2) is 12.2 Å². The molecule has 0 saturated heterocycles. The third-order valence-electron chi connectivity index (χ3n) is 5.08. The maximum atomic E-state index is 13.0. The highest BCUT2D eigenvalue weighted by atomic mass is 28.4. The third-order valence-corrected chi connectivity index (χ3v) is 9.31. The summed E-state index contributed by atoms with van der Waals surface area (Å²) in [5.41, 5.74) is 0.300. The van der Waals surface area contributed by atoms with Crippen LogP contribution in [0.25, 0.3) is 0 Å². The number of hydrogen-bond acceptors (Lipinski definition) is 4. The predicted molar refractivity (Wildman–Crippen MR) is 120 cm³/mol. The van der Waals surface area contributed by atoms with E-state index < -0.39 is 20.4 Å². The molecule has 0 aromatic rings. The van der Waals surface area contributed by atoms with E-state index in [1.807, 2.05) is 6.92 Å². The van der Waals surface area contributed by atoms with Crippen LogP contribution in [0.4, 0.5) is 0 Å². The Bertz CT molecular complexity index is 466. The van der Waals surface area contributed by atoms with Crippen molar-refractivity contribution < 1.29 is 18.8 Å². The Labute approximate surface area is 174 Å². The SMILES string of the molecule is C=C(C)C(=O)OC(CC)C(=O)O[Si](CCC(C)C)(CCC(C)C)CCC(C)C. The summed E-state index contributed by atoms with van der Waals surface area (Å²) in [4.78, 5) is 24.9. The fraction of sp³-hybridized carbons (Fsp3) is 0.826. The van der Waals surface area contributed by atoms with Gasteiger partial charge in [0.05, 0.1) is 0 Å². The molecule has 4 nitrogen and oxygen atoms in total. The highest BCUT2D eigenvalue weighted by molar-refractivity contribution is 6.75. The molecule has 0 bridgehead atoms. The number of hydrogen-bond donors (Lipinski definition) is 0. The van der Waals surface area contributed by atoms with E-state index in [0.29, 0.717) is 29.7 Å². The van der Waals surface area contributed by atoms with Crippen LogP contribution >= 0.6 is 0 Å². The maximum absolute atomic E-state index is 13.0. The Morgan fingerprint density at radius 3 is 1.54 bits per heavy atom. The number of ether oxygens (including phenoxy) is 1. The summed E-state index contributed by atoms with van der Waals surface area (Å²) in [7, 11) is -2.27. The van der Waals surface area contributed by atoms with Gasteiger partial charge in [-0.15, -0.1) is 0 Å². The Hall–Kier alpha value is -1.10. The molecular weight excluding hydrogens is 368 g/mol. The molecule has 0 saturated carbocycles. The fourth-order valence-corrected chi connectivity index (χ4v) is 7.92. The van der Waals surface area contributed by atoms with E-state index in [1.54, 1.807) is 6.92 Å². The second kappa shape index (κ2) is 13.2. The lowest BCUT2D eigenvalue weighted by molar-refractivity contribution is -0.160. The number of carbonyl (C=O) groups is 2. The Balaban J connectivity index is 5.52. The number of rotatable bonds is 14. The van der Waals surface area contributed by atoms with Crippen molar-refractivity contribution in [2.24, 2.45) is 17.8 Å². The highest BCUT2D eigenvalue weighted by Crippen LogP contribution is 2.33. The minimum atomic E-state index is -2.27. The van der Waals surface area contributed by atoms with Gasteiger partial charge in [0.15, 0.2) is 6.10 Å². The van der Waals surface area contributed by atoms with Gasteiger partial charge in [-0.25, -0.2) is 9.59 Å². The van der Waals surface area contributed by atoms with E-state index in [1.165, 1.54) is 0 Å². The van der Waals surface area contributed by atoms with E-state index >= 15 is 0 Å². The van der Waals surface area contributed by atoms with Crippen LogP contribution in [0.2, 0.25) is 18.1 Å². The maximum Gasteiger partial charge on any atom is 0.334 e. The zero-order valence-corrected chi connectivity index (χ0v) is 20.6. The molecule has 0 fully saturated rings. The Morgan fingerprint density at radius 2 is 1.25 bits per heavy atom. The molecule has 0 aromatic heterocycles. The van der Waals surface area contributed by atoms with E-state index in [0.717, 1.165) is 37.4 Å². The molecule has 0 N–H and O–H groups in total. The van der Waals surface area contributed by atoms with Crippen LogP contribution in [-0.4, -0.2) is 26.4 Å². The van der Waals surface area contributed by atoms with Crippen molar-refractivity contribution in [3.05, 3.63) is 12.2 Å². The standard InChI is InChI=1S/C23H44O4Si/c1-10-21(26-22(24)20(8)9)23(25)27-28(14-11-17(2)3,15-12-18(4)5)16-13-19(6)7/h17-19,21H,8,10-16H2,1-7,9H3. The summed E-state index contributed by atoms with van der Waals surface area (Å²) in [5.74, 6) is 0.841. The average Bonchev–Trinajstić information content (AvgIpc) is 2.60. The molecule has 1 unspecified atom stereocenters. The van der Waals surface area contributed by atoms with Gasteiger partial charge in [0.1, 0.15) is 0 Å². The van der Waals surface area contributed by atoms with Gasteiger partial charge in [-0.1, -0.05) is 74.3 Å². The lowest BCUT2D eigenvalue weighted by atomic mass is 10.2. The van der Waals surface area contributed by atoms with Crippen molar-refractivity contribution in [3.8, 4) is 0 Å². The molecule has 0 aliphatic rings. The molecule has 0 spiro atoms. The van der Waals surface area contributed by atoms with Gasteiger partial charge in [0.25, 0.3) is 8.32 Å². The fourth-order valence-electron chi connectivity index (χ4n) is 2.99. The van der Waals surface area contributed by atoms with E-state index in [2.05, 4.69) is 48.1 Å². The minimum Gasteiger partial charge on any atom is -0.516 e. The van der Waals surface area contributed by atoms with Crippen molar-refractivity contribution in [1.82, 2.24) is 0 Å². The predicted octanol–water partition coefficient (Wildman–Crippen LogP) is 6.51. The topological polar surface area (TPSA) is 52.6 Å². The van der Waals surface area contributed by atoms with Crippen molar-refractivity contribution in [2.75, 3.05) is 0 Å². The van der Waals surface area contributed by atoms with Crippen molar-refractivity contribution in [3.63, 3.8) is 0 Å². The Kier molecular flexibility index (Phi) is 12.7. The van der Waals surface area contributed by atoms with Gasteiger partial charge in [-0.05, 0) is 49.2 Å². The van der Waals surface area contributed by atoms with E-state index in [9.17, 15) is 9.59 Å². The van der Waals surface area contributed by atoms with E-state index in [4.69, 9.17) is 9.16 Å². The molecule has 0 radical (unpaired) electrons. The van der Waals surface area contributed by atoms with Gasteiger partial charge < -0.3 is 9.16 Å². The lowest BCUT2D eigenvalue weighted by Crippen LogP contribution is -2.44. The van der Waals surface area contributed by atoms with Crippen molar-refractivity contribution in [2.45, 2.75) is 105 Å². The van der Waals surface area contributed by atoms with Crippen molar-refractivity contribution in [1.29, 1.82) is 0 Å². The molecule has 164 valence electrons. The molecule has 0 heterocycles. The lowest BCUT2D eigenvalue weighted by Gasteiger charge is -2.34. The largest absolute Gasteiger partial charge is 0.516 e. The molecule has 0 amide bonds. The van der Waals surface area contributed by atoms with Crippen molar-refractivity contribution >= 4 is 20.3 Å². The van der Waals surface area contributed by atoms with Crippen LogP contribution in [0.3, 0.4) is 0 Å². The monoisotopic (exact) mass is 412 g/mol. The van der Waals surface area contributed by atoms with Crippen LogP contribution in [0, 0.1) is 17.8 Å². The number of esters is 1. The molecule has 5 heteroatoms. The van der Waals surface area contributed by atoms with Gasteiger partial charge >= 0.3 is 11.9 Å². The quantitative estimate of drug-likeness (QED) is 0.185. The van der Waals surface area contributed by atoms with Gasteiger partial charge in [0.2, 0.25) is 0 Å². The van der Waals surface area contributed by atoms with Gasteiger partial charge in [-0.3, -0.25) is 0 Å². The van der Waals surface area contributed by atoms with Crippen LogP contribution < -0.4 is 0 Å². The summed E-state index contributed by atoms with van der Waals surface area (Å²) in [6.07, 6.45) is 2.78.